The topological polar surface area (TPSA) is 83.5 Å². The summed E-state index contributed by atoms with van der Waals surface area (Å²) in [7, 11) is 0. The summed E-state index contributed by atoms with van der Waals surface area (Å²) in [5, 5.41) is 20.9. The molecule has 0 heterocycles. The van der Waals surface area contributed by atoms with Gasteiger partial charge < -0.3 is 15.9 Å². The second-order valence-electron chi connectivity index (χ2n) is 23.0. The number of carbonyl (C=O) groups is 1. The smallest absolute Gasteiger partial charge is 0.162 e. The van der Waals surface area contributed by atoms with Crippen molar-refractivity contribution in [3.63, 3.8) is 0 Å². The van der Waals surface area contributed by atoms with Gasteiger partial charge in [-0.1, -0.05) is 352 Å². The first-order valence-electron chi connectivity index (χ1n) is 33.2. The molecule has 426 valence electrons. The minimum Gasteiger partial charge on any atom is -0.387 e. The van der Waals surface area contributed by atoms with Gasteiger partial charge in [0, 0.05) is 6.42 Å². The molecule has 0 radical (unpaired) electrons. The van der Waals surface area contributed by atoms with Crippen LogP contribution >= 0.6 is 0 Å². The quantitative estimate of drug-likeness (QED) is 0.0419. The zero-order valence-corrected chi connectivity index (χ0v) is 49.2. The van der Waals surface area contributed by atoms with Crippen LogP contribution in [0.5, 0.6) is 0 Å². The van der Waals surface area contributed by atoms with Crippen molar-refractivity contribution in [3.8, 4) is 0 Å². The molecule has 0 saturated carbocycles. The summed E-state index contributed by atoms with van der Waals surface area (Å²) in [5.74, 6) is -0.230. The molecule has 1 unspecified atom stereocenters. The Morgan fingerprint density at radius 2 is 0.542 bits per heavy atom. The van der Waals surface area contributed by atoms with E-state index in [1.807, 2.05) is 6.08 Å². The molecule has 0 aromatic rings. The van der Waals surface area contributed by atoms with E-state index in [2.05, 4.69) is 38.2 Å². The largest absolute Gasteiger partial charge is 0.387 e. The monoisotopic (exact) mass is 1010 g/mol. The van der Waals surface area contributed by atoms with Crippen molar-refractivity contribution in [1.82, 2.24) is 0 Å². The van der Waals surface area contributed by atoms with Crippen LogP contribution < -0.4 is 5.73 Å². The number of ketones is 1. The van der Waals surface area contributed by atoms with Gasteiger partial charge in [0.1, 0.15) is 6.10 Å². The van der Waals surface area contributed by atoms with Gasteiger partial charge in [0.25, 0.3) is 0 Å². The highest BCUT2D eigenvalue weighted by Gasteiger charge is 2.26. The SMILES string of the molecule is CCCCC/C=C\C/C=C\CCCCCCCCCCCCCCCCCCCCCCCCCCCCCCCCCCCCCCCC(=O)C(O)[C@H](N)[C@H](O)/C=C/CCCCCCCCCCCCC. The van der Waals surface area contributed by atoms with Gasteiger partial charge in [0.15, 0.2) is 5.78 Å². The van der Waals surface area contributed by atoms with Crippen LogP contribution in [0.1, 0.15) is 373 Å². The zero-order valence-electron chi connectivity index (χ0n) is 49.2. The average Bonchev–Trinajstić information content (AvgIpc) is 3.39. The van der Waals surface area contributed by atoms with Crippen molar-refractivity contribution >= 4 is 5.78 Å². The molecule has 4 heteroatoms. The molecule has 0 aromatic heterocycles. The number of rotatable bonds is 62. The minimum absolute atomic E-state index is 0.230. The van der Waals surface area contributed by atoms with Crippen LogP contribution in [0.25, 0.3) is 0 Å². The zero-order chi connectivity index (χ0) is 52.2. The van der Waals surface area contributed by atoms with Gasteiger partial charge in [-0.2, -0.15) is 0 Å². The summed E-state index contributed by atoms with van der Waals surface area (Å²) in [4.78, 5) is 12.5. The van der Waals surface area contributed by atoms with Crippen molar-refractivity contribution < 1.29 is 15.0 Å². The van der Waals surface area contributed by atoms with E-state index in [9.17, 15) is 15.0 Å². The van der Waals surface area contributed by atoms with E-state index >= 15 is 0 Å². The van der Waals surface area contributed by atoms with Crippen molar-refractivity contribution in [3.05, 3.63) is 36.5 Å². The molecule has 0 saturated heterocycles. The molecule has 0 rings (SSSR count). The second-order valence-corrected chi connectivity index (χ2v) is 23.0. The van der Waals surface area contributed by atoms with Crippen LogP contribution in [0.4, 0.5) is 0 Å². The Kier molecular flexibility index (Phi) is 61.2. The highest BCUT2D eigenvalue weighted by molar-refractivity contribution is 5.83. The van der Waals surface area contributed by atoms with Crippen LogP contribution in [0.3, 0.4) is 0 Å². The summed E-state index contributed by atoms with van der Waals surface area (Å²) < 4.78 is 0. The minimum atomic E-state index is -1.29. The van der Waals surface area contributed by atoms with Crippen LogP contribution in [0, 0.1) is 0 Å². The van der Waals surface area contributed by atoms with E-state index in [-0.39, 0.29) is 5.78 Å². The van der Waals surface area contributed by atoms with Crippen LogP contribution in [0.2, 0.25) is 0 Å². The summed E-state index contributed by atoms with van der Waals surface area (Å²) >= 11 is 0. The summed E-state index contributed by atoms with van der Waals surface area (Å²) in [6, 6.07) is -0.952. The fourth-order valence-electron chi connectivity index (χ4n) is 10.6. The number of nitrogens with two attached hydrogens (primary N) is 1. The van der Waals surface area contributed by atoms with Gasteiger partial charge in [-0.05, 0) is 51.4 Å². The molecule has 0 amide bonds. The first-order chi connectivity index (χ1) is 35.5. The lowest BCUT2D eigenvalue weighted by Crippen LogP contribution is -2.47. The average molecular weight is 1010 g/mol. The molecular formula is C68H131NO3. The van der Waals surface area contributed by atoms with Gasteiger partial charge in [-0.25, -0.2) is 0 Å². The molecule has 0 spiro atoms. The Hall–Kier alpha value is -1.23. The van der Waals surface area contributed by atoms with Crippen LogP contribution in [0.15, 0.2) is 36.5 Å². The molecule has 3 atom stereocenters. The van der Waals surface area contributed by atoms with Crippen LogP contribution in [-0.2, 0) is 4.79 Å². The maximum Gasteiger partial charge on any atom is 0.162 e. The fourth-order valence-corrected chi connectivity index (χ4v) is 10.6. The highest BCUT2D eigenvalue weighted by atomic mass is 16.3. The summed E-state index contributed by atoms with van der Waals surface area (Å²) in [6.45, 7) is 4.54. The first-order valence-corrected chi connectivity index (χ1v) is 33.2. The molecule has 72 heavy (non-hydrogen) atoms. The predicted octanol–water partition coefficient (Wildman–Crippen LogP) is 22.2. The Bertz CT molecular complexity index is 1110. The predicted molar refractivity (Wildman–Crippen MR) is 322 cm³/mol. The lowest BCUT2D eigenvalue weighted by Gasteiger charge is -2.21. The molecule has 4 N–H and O–H groups in total. The van der Waals surface area contributed by atoms with Crippen molar-refractivity contribution in [2.75, 3.05) is 0 Å². The number of unbranched alkanes of at least 4 members (excludes halogenated alkanes) is 51. The van der Waals surface area contributed by atoms with Crippen molar-refractivity contribution in [2.24, 2.45) is 5.73 Å². The number of carbonyl (C=O) groups excluding carboxylic acids is 1. The van der Waals surface area contributed by atoms with E-state index in [1.165, 1.54) is 315 Å². The maximum atomic E-state index is 12.5. The molecule has 0 aromatic carbocycles. The molecule has 0 fully saturated rings. The number of aliphatic hydroxyl groups is 2. The first kappa shape index (κ1) is 70.8. The van der Waals surface area contributed by atoms with Gasteiger partial charge in [0.05, 0.1) is 12.1 Å². The molecule has 0 aliphatic heterocycles. The number of hydrogen-bond acceptors (Lipinski definition) is 4. The molecule has 4 nitrogen and oxygen atoms in total. The maximum absolute atomic E-state index is 12.5. The molecular weight excluding hydrogens is 879 g/mol. The lowest BCUT2D eigenvalue weighted by atomic mass is 9.97. The van der Waals surface area contributed by atoms with Gasteiger partial charge in [-0.15, -0.1) is 0 Å². The Morgan fingerprint density at radius 1 is 0.319 bits per heavy atom. The third-order valence-electron chi connectivity index (χ3n) is 15.8. The van der Waals surface area contributed by atoms with Crippen LogP contribution in [-0.4, -0.2) is 34.2 Å². The Balaban J connectivity index is 3.31. The standard InChI is InChI=1S/C68H131NO3/c1-3-5-7-9-11-13-15-17-18-19-20-21-22-23-24-25-26-27-28-29-30-31-32-33-34-35-36-37-38-39-40-41-42-43-44-45-46-47-48-49-50-52-54-56-58-60-62-64-66(71)68(72)67(69)65(70)63-61-59-57-55-53-51-16-14-12-10-8-6-4-2/h11,13,17-18,61,63,65,67-68,70,72H,3-10,12,14-16,19-60,62,64,69H2,1-2H3/b13-11-,18-17-,63-61+/t65-,67-,68?/m1/s1. The van der Waals surface area contributed by atoms with E-state index in [1.54, 1.807) is 6.08 Å². The van der Waals surface area contributed by atoms with E-state index in [4.69, 9.17) is 5.73 Å². The van der Waals surface area contributed by atoms with Crippen molar-refractivity contribution in [2.45, 2.75) is 392 Å². The molecule has 0 bridgehead atoms. The Labute approximate surface area is 452 Å². The Morgan fingerprint density at radius 3 is 0.833 bits per heavy atom. The number of Topliss-reactive ketones (excluding diaryl/α,β-unsaturated/α-hetero) is 1. The third kappa shape index (κ3) is 56.5. The van der Waals surface area contributed by atoms with E-state index in [0.29, 0.717) is 6.42 Å². The number of allylic oxidation sites excluding steroid dienone is 5. The van der Waals surface area contributed by atoms with Gasteiger partial charge in [-0.3, -0.25) is 4.79 Å². The van der Waals surface area contributed by atoms with Gasteiger partial charge in [0.2, 0.25) is 0 Å². The van der Waals surface area contributed by atoms with Gasteiger partial charge >= 0.3 is 0 Å². The molecule has 0 aliphatic carbocycles. The fraction of sp³-hybridized carbons (Fsp3) is 0.897. The lowest BCUT2D eigenvalue weighted by molar-refractivity contribution is -0.129. The van der Waals surface area contributed by atoms with Crippen molar-refractivity contribution in [1.29, 1.82) is 0 Å². The summed E-state index contributed by atoms with van der Waals surface area (Å²) in [6.07, 6.45) is 85.9. The third-order valence-corrected chi connectivity index (χ3v) is 15.8. The second kappa shape index (κ2) is 62.3. The highest BCUT2D eigenvalue weighted by Crippen LogP contribution is 2.19. The summed E-state index contributed by atoms with van der Waals surface area (Å²) in [5.41, 5.74) is 6.06. The molecule has 0 aliphatic rings. The number of hydrogen-bond donors (Lipinski definition) is 3. The number of aliphatic hydroxyl groups excluding tert-OH is 2. The normalized spacial score (nSPS) is 13.4. The van der Waals surface area contributed by atoms with E-state index in [0.717, 1.165) is 38.5 Å². The van der Waals surface area contributed by atoms with E-state index < -0.39 is 18.2 Å².